The monoisotopic (exact) mass is 321 g/mol. The molecule has 1 amide bonds. The number of benzene rings is 1. The molecule has 0 aliphatic carbocycles. The Bertz CT molecular complexity index is 681. The lowest BCUT2D eigenvalue weighted by Crippen LogP contribution is -2.23. The van der Waals surface area contributed by atoms with Gasteiger partial charge in [-0.05, 0) is 0 Å². The van der Waals surface area contributed by atoms with E-state index in [1.807, 2.05) is 0 Å². The van der Waals surface area contributed by atoms with Gasteiger partial charge in [0.2, 0.25) is 11.7 Å². The Labute approximate surface area is 120 Å². The van der Waals surface area contributed by atoms with Gasteiger partial charge in [0.15, 0.2) is 28.8 Å². The van der Waals surface area contributed by atoms with Crippen LogP contribution in [0.5, 0.6) is 0 Å². The number of nitriles is 1. The third kappa shape index (κ3) is 2.93. The number of hydrogen-bond donors (Lipinski definition) is 2. The molecular weight excluding hydrogens is 313 g/mol. The first-order valence-corrected chi connectivity index (χ1v) is 5.46. The van der Waals surface area contributed by atoms with E-state index in [0.29, 0.717) is 0 Å². The molecule has 5 nitrogen and oxygen atoms in total. The third-order valence-electron chi connectivity index (χ3n) is 2.43. The molecule has 22 heavy (non-hydrogen) atoms. The van der Waals surface area contributed by atoms with E-state index in [4.69, 9.17) is 5.26 Å². The predicted octanol–water partition coefficient (Wildman–Crippen LogP) is 2.18. The highest BCUT2D eigenvalue weighted by molar-refractivity contribution is 6.06. The van der Waals surface area contributed by atoms with Crippen molar-refractivity contribution in [2.45, 2.75) is 0 Å². The number of nitrogens with zero attached hydrogens (tertiary/aromatic N) is 2. The Morgan fingerprint density at radius 2 is 1.45 bits per heavy atom. The molecule has 0 spiro atoms. The maximum absolute atomic E-state index is 13.4. The molecular formula is C12H8F5N3O2. The maximum Gasteiger partial charge on any atom is 0.271 e. The first-order valence-electron chi connectivity index (χ1n) is 5.46. The van der Waals surface area contributed by atoms with Crippen LogP contribution in [0.2, 0.25) is 0 Å². The van der Waals surface area contributed by atoms with Gasteiger partial charge in [-0.25, -0.2) is 22.0 Å². The second-order valence-corrected chi connectivity index (χ2v) is 4.10. The largest absolute Gasteiger partial charge is 0.494 e. The Hall–Kier alpha value is -2.83. The Morgan fingerprint density at radius 1 is 1.05 bits per heavy atom. The molecule has 2 N–H and O–H groups in total. The van der Waals surface area contributed by atoms with Crippen molar-refractivity contribution >= 4 is 11.6 Å². The molecule has 0 radical (unpaired) electrons. The molecule has 1 aromatic carbocycles. The summed E-state index contributed by atoms with van der Waals surface area (Å²) in [5, 5.41) is 19.6. The Kier molecular flexibility index (Phi) is 4.93. The zero-order valence-electron chi connectivity index (χ0n) is 11.1. The normalized spacial score (nSPS) is 11.5. The van der Waals surface area contributed by atoms with E-state index in [1.54, 1.807) is 0 Å². The number of hydrogen-bond acceptors (Lipinski definition) is 4. The van der Waals surface area contributed by atoms with Gasteiger partial charge in [0.25, 0.3) is 5.91 Å². The van der Waals surface area contributed by atoms with Gasteiger partial charge in [0.05, 0.1) is 0 Å². The van der Waals surface area contributed by atoms with Crippen molar-refractivity contribution in [1.82, 2.24) is 4.90 Å². The molecule has 0 aliphatic heterocycles. The molecule has 1 aromatic rings. The van der Waals surface area contributed by atoms with E-state index in [0.717, 1.165) is 4.90 Å². The summed E-state index contributed by atoms with van der Waals surface area (Å²) in [6.45, 7) is 0. The van der Waals surface area contributed by atoms with Crippen molar-refractivity contribution in [3.05, 3.63) is 40.5 Å². The van der Waals surface area contributed by atoms with Crippen molar-refractivity contribution in [3.8, 4) is 6.07 Å². The fraction of sp³-hybridized carbons (Fsp3) is 0.167. The lowest BCUT2D eigenvalue weighted by Gasteiger charge is -2.13. The lowest BCUT2D eigenvalue weighted by molar-refractivity contribution is -0.112. The molecule has 0 aliphatic rings. The summed E-state index contributed by atoms with van der Waals surface area (Å²) in [4.78, 5) is 12.6. The summed E-state index contributed by atoms with van der Waals surface area (Å²) >= 11 is 0. The third-order valence-corrected chi connectivity index (χ3v) is 2.43. The Morgan fingerprint density at radius 3 is 1.82 bits per heavy atom. The van der Waals surface area contributed by atoms with Crippen LogP contribution in [0, 0.1) is 40.4 Å². The van der Waals surface area contributed by atoms with Gasteiger partial charge in [-0.1, -0.05) is 0 Å². The quantitative estimate of drug-likeness (QED) is 0.223. The number of carbonyl (C=O) groups is 1. The van der Waals surface area contributed by atoms with Crippen molar-refractivity contribution < 1.29 is 31.9 Å². The first kappa shape index (κ1) is 17.2. The maximum atomic E-state index is 13.4. The molecule has 0 unspecified atom stereocenters. The highest BCUT2D eigenvalue weighted by Crippen LogP contribution is 2.27. The number of carbonyl (C=O) groups excluding carboxylic acids is 1. The van der Waals surface area contributed by atoms with Crippen molar-refractivity contribution in [3.63, 3.8) is 0 Å². The van der Waals surface area contributed by atoms with Crippen LogP contribution >= 0.6 is 0 Å². The van der Waals surface area contributed by atoms with Crippen molar-refractivity contribution in [2.24, 2.45) is 0 Å². The average Bonchev–Trinajstić information content (AvgIpc) is 2.48. The second kappa shape index (κ2) is 6.30. The summed E-state index contributed by atoms with van der Waals surface area (Å²) < 4.78 is 65.6. The number of halogens is 5. The molecule has 0 heterocycles. The van der Waals surface area contributed by atoms with Crippen molar-refractivity contribution in [1.29, 1.82) is 5.26 Å². The second-order valence-electron chi connectivity index (χ2n) is 4.10. The van der Waals surface area contributed by atoms with Gasteiger partial charge < -0.3 is 15.3 Å². The van der Waals surface area contributed by atoms with E-state index >= 15 is 0 Å². The fourth-order valence-electron chi connectivity index (χ4n) is 1.32. The molecule has 1 rings (SSSR count). The standard InChI is InChI=1S/C12H8F5N3O2/c1-20(2)12(22)4(3-18)11(21)19-10-8(16)6(14)5(13)7(15)9(10)17/h22H,1-2H3,(H,19,21)/b12-4-. The number of rotatable bonds is 3. The van der Waals surface area contributed by atoms with Gasteiger partial charge >= 0.3 is 0 Å². The first-order chi connectivity index (χ1) is 10.1. The zero-order valence-corrected chi connectivity index (χ0v) is 11.1. The van der Waals surface area contributed by atoms with Crippen LogP contribution in [0.25, 0.3) is 0 Å². The van der Waals surface area contributed by atoms with E-state index < -0.39 is 52.1 Å². The number of aliphatic hydroxyl groups is 1. The fourth-order valence-corrected chi connectivity index (χ4v) is 1.32. The molecule has 0 atom stereocenters. The van der Waals surface area contributed by atoms with Gasteiger partial charge in [0, 0.05) is 14.1 Å². The SMILES string of the molecule is CN(C)/C(O)=C(\C#N)C(=O)Nc1c(F)c(F)c(F)c(F)c1F. The van der Waals surface area contributed by atoms with E-state index in [1.165, 1.54) is 25.5 Å². The van der Waals surface area contributed by atoms with Gasteiger partial charge in [-0.3, -0.25) is 4.79 Å². The highest BCUT2D eigenvalue weighted by Gasteiger charge is 2.28. The van der Waals surface area contributed by atoms with Crippen LogP contribution in [-0.4, -0.2) is 30.0 Å². The molecule has 10 heteroatoms. The van der Waals surface area contributed by atoms with E-state index in [2.05, 4.69) is 0 Å². The summed E-state index contributed by atoms with van der Waals surface area (Å²) in [6, 6.07) is 1.25. The summed E-state index contributed by atoms with van der Waals surface area (Å²) in [5.41, 5.74) is -2.60. The molecule has 0 bridgehead atoms. The predicted molar refractivity (Wildman–Crippen MR) is 63.8 cm³/mol. The lowest BCUT2D eigenvalue weighted by atomic mass is 10.2. The zero-order chi connectivity index (χ0) is 17.2. The minimum atomic E-state index is -2.39. The van der Waals surface area contributed by atoms with E-state index in [9.17, 15) is 31.9 Å². The number of aliphatic hydroxyl groups excluding tert-OH is 1. The molecule has 0 saturated carbocycles. The van der Waals surface area contributed by atoms with Crippen LogP contribution in [0.15, 0.2) is 11.5 Å². The average molecular weight is 321 g/mol. The molecule has 0 saturated heterocycles. The van der Waals surface area contributed by atoms with E-state index in [-0.39, 0.29) is 0 Å². The van der Waals surface area contributed by atoms with Gasteiger partial charge in [0.1, 0.15) is 11.8 Å². The van der Waals surface area contributed by atoms with Crippen LogP contribution in [0.3, 0.4) is 0 Å². The summed E-state index contributed by atoms with van der Waals surface area (Å²) in [7, 11) is 2.50. The highest BCUT2D eigenvalue weighted by atomic mass is 19.2. The summed E-state index contributed by atoms with van der Waals surface area (Å²) in [6.07, 6.45) is 0. The van der Waals surface area contributed by atoms with Crippen LogP contribution in [0.1, 0.15) is 0 Å². The van der Waals surface area contributed by atoms with Crippen LogP contribution in [0.4, 0.5) is 27.6 Å². The van der Waals surface area contributed by atoms with Crippen LogP contribution < -0.4 is 5.32 Å². The number of nitrogens with one attached hydrogen (secondary N) is 1. The topological polar surface area (TPSA) is 76.4 Å². The smallest absolute Gasteiger partial charge is 0.271 e. The minimum Gasteiger partial charge on any atom is -0.494 e. The number of anilines is 1. The van der Waals surface area contributed by atoms with Gasteiger partial charge in [-0.2, -0.15) is 5.26 Å². The van der Waals surface area contributed by atoms with Crippen molar-refractivity contribution in [2.75, 3.05) is 19.4 Å². The minimum absolute atomic E-state index is 0.858. The molecule has 118 valence electrons. The molecule has 0 fully saturated rings. The molecule has 0 aromatic heterocycles. The number of amides is 1. The Balaban J connectivity index is 3.36. The van der Waals surface area contributed by atoms with Gasteiger partial charge in [-0.15, -0.1) is 0 Å². The van der Waals surface area contributed by atoms with Crippen LogP contribution in [-0.2, 0) is 4.79 Å². The summed E-state index contributed by atoms with van der Waals surface area (Å²) in [5.74, 6) is -13.8.